The Kier molecular flexibility index (Phi) is 3.03. The van der Waals surface area contributed by atoms with E-state index >= 15 is 0 Å². The van der Waals surface area contributed by atoms with Gasteiger partial charge in [0.25, 0.3) is 6.43 Å². The minimum Gasteiger partial charge on any atom is -0.492 e. The van der Waals surface area contributed by atoms with Gasteiger partial charge in [0.05, 0.1) is 7.11 Å². The summed E-state index contributed by atoms with van der Waals surface area (Å²) in [5.41, 5.74) is 4.16. The summed E-state index contributed by atoms with van der Waals surface area (Å²) in [5, 5.41) is 8.72. The van der Waals surface area contributed by atoms with Crippen LogP contribution in [0.5, 0.6) is 5.75 Å². The highest BCUT2D eigenvalue weighted by atomic mass is 19.3. The number of rotatable bonds is 3. The van der Waals surface area contributed by atoms with Crippen molar-refractivity contribution >= 4 is 11.8 Å². The summed E-state index contributed by atoms with van der Waals surface area (Å²) in [6, 6.07) is 0.738. The molecule has 1 aromatic heterocycles. The second kappa shape index (κ2) is 4.07. The van der Waals surface area contributed by atoms with Crippen LogP contribution in [0.3, 0.4) is 0 Å². The molecule has 0 radical (unpaired) electrons. The number of aromatic carboxylic acids is 1. The first kappa shape index (κ1) is 11.2. The van der Waals surface area contributed by atoms with E-state index in [1.54, 1.807) is 0 Å². The molecule has 0 spiro atoms. The Morgan fingerprint density at radius 3 is 2.67 bits per heavy atom. The third-order valence-electron chi connectivity index (χ3n) is 1.68. The van der Waals surface area contributed by atoms with Crippen molar-refractivity contribution in [3.63, 3.8) is 0 Å². The summed E-state index contributed by atoms with van der Waals surface area (Å²) < 4.78 is 29.2. The van der Waals surface area contributed by atoms with Crippen LogP contribution in [0.4, 0.5) is 14.6 Å². The molecule has 1 aromatic rings. The highest BCUT2D eigenvalue weighted by molar-refractivity contribution is 5.92. The van der Waals surface area contributed by atoms with Crippen molar-refractivity contribution in [1.82, 2.24) is 4.98 Å². The maximum atomic E-state index is 12.3. The maximum absolute atomic E-state index is 12.3. The third kappa shape index (κ3) is 2.12. The van der Waals surface area contributed by atoms with Gasteiger partial charge in [0, 0.05) is 0 Å². The standard InChI is InChI=1S/C8H8F2N2O3/c1-15-5-3(8(13)14)2-4(6(9)10)12-7(5)11/h2,6H,1H3,(H2,11,12)(H,13,14). The highest BCUT2D eigenvalue weighted by Gasteiger charge is 2.20. The van der Waals surface area contributed by atoms with Crippen LogP contribution in [0.2, 0.25) is 0 Å². The van der Waals surface area contributed by atoms with E-state index in [0.717, 1.165) is 6.07 Å². The van der Waals surface area contributed by atoms with E-state index in [2.05, 4.69) is 9.72 Å². The molecule has 0 aromatic carbocycles. The number of carbonyl (C=O) groups is 1. The summed E-state index contributed by atoms with van der Waals surface area (Å²) in [6.07, 6.45) is -2.88. The van der Waals surface area contributed by atoms with Gasteiger partial charge in [-0.2, -0.15) is 0 Å². The molecule has 82 valence electrons. The van der Waals surface area contributed by atoms with Gasteiger partial charge in [0.2, 0.25) is 0 Å². The Hall–Kier alpha value is -1.92. The number of nitrogens with two attached hydrogens (primary N) is 1. The summed E-state index contributed by atoms with van der Waals surface area (Å²) in [6.45, 7) is 0. The fourth-order valence-corrected chi connectivity index (χ4v) is 1.06. The molecular weight excluding hydrogens is 210 g/mol. The largest absolute Gasteiger partial charge is 0.492 e. The van der Waals surface area contributed by atoms with Crippen molar-refractivity contribution in [3.05, 3.63) is 17.3 Å². The number of hydrogen-bond donors (Lipinski definition) is 2. The lowest BCUT2D eigenvalue weighted by Crippen LogP contribution is -2.07. The van der Waals surface area contributed by atoms with Gasteiger partial charge in [-0.3, -0.25) is 0 Å². The number of nitrogen functional groups attached to an aromatic ring is 1. The molecule has 1 rings (SSSR count). The van der Waals surface area contributed by atoms with Crippen LogP contribution in [-0.4, -0.2) is 23.2 Å². The fraction of sp³-hybridized carbons (Fsp3) is 0.250. The van der Waals surface area contributed by atoms with Crippen molar-refractivity contribution in [2.45, 2.75) is 6.43 Å². The molecule has 0 amide bonds. The van der Waals surface area contributed by atoms with E-state index < -0.39 is 23.7 Å². The predicted molar refractivity (Wildman–Crippen MR) is 47.1 cm³/mol. The molecule has 7 heteroatoms. The van der Waals surface area contributed by atoms with E-state index in [-0.39, 0.29) is 11.6 Å². The van der Waals surface area contributed by atoms with Gasteiger partial charge >= 0.3 is 5.97 Å². The number of ether oxygens (including phenoxy) is 1. The lowest BCUT2D eigenvalue weighted by molar-refractivity contribution is 0.0692. The predicted octanol–water partition coefficient (Wildman–Crippen LogP) is 1.31. The van der Waals surface area contributed by atoms with Gasteiger partial charge in [-0.1, -0.05) is 0 Å². The number of aromatic nitrogens is 1. The molecule has 5 nitrogen and oxygen atoms in total. The molecule has 0 aliphatic carbocycles. The second-order valence-electron chi connectivity index (χ2n) is 2.62. The van der Waals surface area contributed by atoms with Crippen molar-refractivity contribution in [1.29, 1.82) is 0 Å². The van der Waals surface area contributed by atoms with E-state index in [4.69, 9.17) is 10.8 Å². The normalized spacial score (nSPS) is 10.4. The number of nitrogens with zero attached hydrogens (tertiary/aromatic N) is 1. The molecule has 0 fully saturated rings. The molecule has 0 saturated heterocycles. The average Bonchev–Trinajstić information content (AvgIpc) is 2.16. The van der Waals surface area contributed by atoms with Gasteiger partial charge in [-0.15, -0.1) is 0 Å². The van der Waals surface area contributed by atoms with E-state index in [1.165, 1.54) is 7.11 Å². The molecule has 15 heavy (non-hydrogen) atoms. The van der Waals surface area contributed by atoms with Crippen molar-refractivity contribution < 1.29 is 23.4 Å². The Balaban J connectivity index is 3.38. The van der Waals surface area contributed by atoms with Gasteiger partial charge in [0.15, 0.2) is 11.6 Å². The maximum Gasteiger partial charge on any atom is 0.339 e. The summed E-state index contributed by atoms with van der Waals surface area (Å²) >= 11 is 0. The average molecular weight is 218 g/mol. The summed E-state index contributed by atoms with van der Waals surface area (Å²) in [4.78, 5) is 14.0. The molecule has 1 heterocycles. The number of methoxy groups -OCH3 is 1. The molecule has 0 unspecified atom stereocenters. The van der Waals surface area contributed by atoms with Crippen molar-refractivity contribution in [2.75, 3.05) is 12.8 Å². The lowest BCUT2D eigenvalue weighted by atomic mass is 10.2. The van der Waals surface area contributed by atoms with Gasteiger partial charge in [0.1, 0.15) is 11.3 Å². The lowest BCUT2D eigenvalue weighted by Gasteiger charge is -2.09. The van der Waals surface area contributed by atoms with Crippen molar-refractivity contribution in [3.8, 4) is 5.75 Å². The number of hydrogen-bond acceptors (Lipinski definition) is 4. The second-order valence-corrected chi connectivity index (χ2v) is 2.62. The Morgan fingerprint density at radius 2 is 2.27 bits per heavy atom. The molecular formula is C8H8F2N2O3. The molecule has 0 atom stereocenters. The number of anilines is 1. The third-order valence-corrected chi connectivity index (χ3v) is 1.68. The number of halogens is 2. The molecule has 3 N–H and O–H groups in total. The zero-order valence-corrected chi connectivity index (χ0v) is 7.70. The smallest absolute Gasteiger partial charge is 0.339 e. The monoisotopic (exact) mass is 218 g/mol. The van der Waals surface area contributed by atoms with Crippen molar-refractivity contribution in [2.24, 2.45) is 0 Å². The number of pyridine rings is 1. The Labute approximate surface area is 83.5 Å². The van der Waals surface area contributed by atoms with Crippen LogP contribution in [-0.2, 0) is 0 Å². The number of alkyl halides is 2. The first-order valence-corrected chi connectivity index (χ1v) is 3.83. The Bertz CT molecular complexity index is 396. The summed E-state index contributed by atoms with van der Waals surface area (Å²) in [7, 11) is 1.18. The SMILES string of the molecule is COc1c(C(=O)O)cc(C(F)F)nc1N. The van der Waals surface area contributed by atoms with E-state index in [1.807, 2.05) is 0 Å². The number of carboxylic acids is 1. The first-order valence-electron chi connectivity index (χ1n) is 3.83. The first-order chi connectivity index (χ1) is 6.97. The topological polar surface area (TPSA) is 85.4 Å². The zero-order valence-electron chi connectivity index (χ0n) is 7.70. The van der Waals surface area contributed by atoms with E-state index in [0.29, 0.717) is 0 Å². The summed E-state index contributed by atoms with van der Waals surface area (Å²) in [5.74, 6) is -1.98. The fourth-order valence-electron chi connectivity index (χ4n) is 1.06. The molecule has 0 saturated carbocycles. The van der Waals surface area contributed by atoms with Crippen LogP contribution in [0.15, 0.2) is 6.07 Å². The minimum absolute atomic E-state index is 0.216. The molecule has 0 aliphatic rings. The minimum atomic E-state index is -2.88. The quantitative estimate of drug-likeness (QED) is 0.798. The molecule has 0 aliphatic heterocycles. The van der Waals surface area contributed by atoms with Crippen LogP contribution in [0, 0.1) is 0 Å². The Morgan fingerprint density at radius 1 is 1.67 bits per heavy atom. The van der Waals surface area contributed by atoms with Gasteiger partial charge in [-0.25, -0.2) is 18.6 Å². The van der Waals surface area contributed by atoms with Crippen LogP contribution in [0.1, 0.15) is 22.5 Å². The van der Waals surface area contributed by atoms with Crippen LogP contribution in [0.25, 0.3) is 0 Å². The van der Waals surface area contributed by atoms with Gasteiger partial charge < -0.3 is 15.6 Å². The van der Waals surface area contributed by atoms with E-state index in [9.17, 15) is 13.6 Å². The van der Waals surface area contributed by atoms with Crippen LogP contribution < -0.4 is 10.5 Å². The van der Waals surface area contributed by atoms with Gasteiger partial charge in [-0.05, 0) is 6.07 Å². The molecule has 0 bridgehead atoms. The highest BCUT2D eigenvalue weighted by Crippen LogP contribution is 2.28. The number of carboxylic acid groups (broad SMARTS) is 1. The zero-order chi connectivity index (χ0) is 11.6. The van der Waals surface area contributed by atoms with Crippen LogP contribution >= 0.6 is 0 Å².